The number of nitrogens with zero attached hydrogens (tertiary/aromatic N) is 2. The molecule has 5 nitrogen and oxygen atoms in total. The zero-order valence-electron chi connectivity index (χ0n) is 12.7. The molecule has 112 valence electrons. The molecular formula is C17H15BN4O. The van der Waals surface area contributed by atoms with Gasteiger partial charge in [0, 0.05) is 23.2 Å². The molecule has 0 spiro atoms. The molecule has 1 aromatic heterocycles. The summed E-state index contributed by atoms with van der Waals surface area (Å²) >= 11 is 0. The van der Waals surface area contributed by atoms with E-state index in [1.165, 1.54) is 6.33 Å². The summed E-state index contributed by atoms with van der Waals surface area (Å²) < 4.78 is 0. The lowest BCUT2D eigenvalue weighted by molar-refractivity contribution is -0.115. The van der Waals surface area contributed by atoms with Crippen molar-refractivity contribution in [3.63, 3.8) is 0 Å². The van der Waals surface area contributed by atoms with Crippen LogP contribution in [0.4, 0.5) is 17.2 Å². The molecule has 0 aliphatic carbocycles. The Balaban J connectivity index is 1.99. The Morgan fingerprint density at radius 1 is 1.13 bits per heavy atom. The second kappa shape index (κ2) is 6.48. The summed E-state index contributed by atoms with van der Waals surface area (Å²) in [6, 6.07) is 13.0. The third-order valence-electron chi connectivity index (χ3n) is 3.39. The van der Waals surface area contributed by atoms with Crippen LogP contribution >= 0.6 is 0 Å². The monoisotopic (exact) mass is 302 g/mol. The fourth-order valence-electron chi connectivity index (χ4n) is 2.24. The van der Waals surface area contributed by atoms with Crippen LogP contribution in [0.15, 0.2) is 48.8 Å². The molecule has 3 aromatic rings. The third kappa shape index (κ3) is 3.48. The van der Waals surface area contributed by atoms with Crippen molar-refractivity contribution in [2.75, 3.05) is 10.6 Å². The molecule has 1 heterocycles. The maximum atomic E-state index is 11.6. The van der Waals surface area contributed by atoms with Crippen molar-refractivity contribution in [3.8, 4) is 0 Å². The van der Waals surface area contributed by atoms with Crippen LogP contribution in [-0.4, -0.2) is 23.7 Å². The molecule has 2 radical (unpaired) electrons. The summed E-state index contributed by atoms with van der Waals surface area (Å²) in [5.41, 5.74) is 3.02. The fraction of sp³-hybridized carbons (Fsp3) is 0.118. The van der Waals surface area contributed by atoms with E-state index < -0.39 is 0 Å². The van der Waals surface area contributed by atoms with Crippen molar-refractivity contribution in [1.29, 1.82) is 0 Å². The lowest BCUT2D eigenvalue weighted by atomic mass is 9.96. The standard InChI is InChI=1S/C17H15BN4O/c1-2-16(23)21-13-6-7-15-14(9-13)17(20-10-19-15)22-12-5-3-4-11(18)8-12/h3-10H,2H2,1H3,(H,21,23)(H,19,20,22). The number of carbonyl (C=O) groups excluding carboxylic acids is 1. The molecule has 0 bridgehead atoms. The summed E-state index contributed by atoms with van der Waals surface area (Å²) in [5, 5.41) is 6.90. The van der Waals surface area contributed by atoms with Gasteiger partial charge in [-0.2, -0.15) is 0 Å². The molecule has 6 heteroatoms. The first-order valence-corrected chi connectivity index (χ1v) is 7.33. The zero-order chi connectivity index (χ0) is 16.2. The lowest BCUT2D eigenvalue weighted by Gasteiger charge is -2.10. The second-order valence-electron chi connectivity index (χ2n) is 5.11. The van der Waals surface area contributed by atoms with Gasteiger partial charge >= 0.3 is 0 Å². The second-order valence-corrected chi connectivity index (χ2v) is 5.11. The predicted octanol–water partition coefficient (Wildman–Crippen LogP) is 2.52. The highest BCUT2D eigenvalue weighted by Gasteiger charge is 2.07. The van der Waals surface area contributed by atoms with E-state index in [9.17, 15) is 4.79 Å². The molecule has 0 fully saturated rings. The van der Waals surface area contributed by atoms with Crippen molar-refractivity contribution in [2.45, 2.75) is 13.3 Å². The number of hydrogen-bond acceptors (Lipinski definition) is 4. The van der Waals surface area contributed by atoms with E-state index in [1.54, 1.807) is 0 Å². The predicted molar refractivity (Wildman–Crippen MR) is 93.6 cm³/mol. The zero-order valence-corrected chi connectivity index (χ0v) is 12.7. The Bertz CT molecular complexity index is 866. The van der Waals surface area contributed by atoms with Gasteiger partial charge in [-0.05, 0) is 30.3 Å². The number of anilines is 3. The van der Waals surface area contributed by atoms with Crippen LogP contribution in [-0.2, 0) is 4.79 Å². The first kappa shape index (κ1) is 15.0. The van der Waals surface area contributed by atoms with E-state index in [2.05, 4.69) is 20.6 Å². The van der Waals surface area contributed by atoms with Crippen molar-refractivity contribution < 1.29 is 4.79 Å². The van der Waals surface area contributed by atoms with Crippen LogP contribution in [0.25, 0.3) is 10.9 Å². The molecule has 0 unspecified atom stereocenters. The van der Waals surface area contributed by atoms with E-state index in [-0.39, 0.29) is 5.91 Å². The molecule has 2 N–H and O–H groups in total. The number of carbonyl (C=O) groups is 1. The quantitative estimate of drug-likeness (QED) is 0.727. The van der Waals surface area contributed by atoms with E-state index in [1.807, 2.05) is 49.4 Å². The van der Waals surface area contributed by atoms with Gasteiger partial charge in [0.2, 0.25) is 5.91 Å². The average Bonchev–Trinajstić information content (AvgIpc) is 2.55. The number of hydrogen-bond donors (Lipinski definition) is 2. The Morgan fingerprint density at radius 2 is 2.00 bits per heavy atom. The Labute approximate surface area is 135 Å². The van der Waals surface area contributed by atoms with Gasteiger partial charge in [0.15, 0.2) is 0 Å². The Morgan fingerprint density at radius 3 is 2.78 bits per heavy atom. The van der Waals surface area contributed by atoms with E-state index in [0.29, 0.717) is 17.7 Å². The Kier molecular flexibility index (Phi) is 4.23. The van der Waals surface area contributed by atoms with Gasteiger partial charge < -0.3 is 10.6 Å². The molecular weight excluding hydrogens is 287 g/mol. The smallest absolute Gasteiger partial charge is 0.224 e. The molecule has 0 atom stereocenters. The average molecular weight is 302 g/mol. The highest BCUT2D eigenvalue weighted by atomic mass is 16.1. The summed E-state index contributed by atoms with van der Waals surface area (Å²) in [7, 11) is 5.80. The maximum absolute atomic E-state index is 11.6. The first-order chi connectivity index (χ1) is 11.2. The van der Waals surface area contributed by atoms with Gasteiger partial charge in [0.1, 0.15) is 20.0 Å². The van der Waals surface area contributed by atoms with E-state index >= 15 is 0 Å². The molecule has 0 aliphatic rings. The van der Waals surface area contributed by atoms with Crippen molar-refractivity contribution in [2.24, 2.45) is 0 Å². The summed E-state index contributed by atoms with van der Waals surface area (Å²) in [6.45, 7) is 1.81. The minimum atomic E-state index is -0.0356. The number of amides is 1. The summed E-state index contributed by atoms with van der Waals surface area (Å²) in [6.07, 6.45) is 1.93. The maximum Gasteiger partial charge on any atom is 0.224 e. The molecule has 23 heavy (non-hydrogen) atoms. The third-order valence-corrected chi connectivity index (χ3v) is 3.39. The largest absolute Gasteiger partial charge is 0.340 e. The van der Waals surface area contributed by atoms with Gasteiger partial charge in [-0.25, -0.2) is 9.97 Å². The SMILES string of the molecule is [B]c1cccc(Nc2ncnc3ccc(NC(=O)CC)cc23)c1. The normalized spacial score (nSPS) is 10.5. The highest BCUT2D eigenvalue weighted by Crippen LogP contribution is 2.25. The highest BCUT2D eigenvalue weighted by molar-refractivity contribution is 6.32. The van der Waals surface area contributed by atoms with Gasteiger partial charge in [0.05, 0.1) is 5.52 Å². The van der Waals surface area contributed by atoms with Crippen LogP contribution in [0.2, 0.25) is 0 Å². The first-order valence-electron chi connectivity index (χ1n) is 7.33. The molecule has 0 aliphatic heterocycles. The molecule has 0 saturated heterocycles. The van der Waals surface area contributed by atoms with Crippen LogP contribution in [0, 0.1) is 0 Å². The topological polar surface area (TPSA) is 66.9 Å². The Hall–Kier alpha value is -2.89. The van der Waals surface area contributed by atoms with Gasteiger partial charge in [0.25, 0.3) is 0 Å². The van der Waals surface area contributed by atoms with Crippen molar-refractivity contribution in [3.05, 3.63) is 48.8 Å². The van der Waals surface area contributed by atoms with Crippen molar-refractivity contribution in [1.82, 2.24) is 9.97 Å². The minimum Gasteiger partial charge on any atom is -0.340 e. The number of aromatic nitrogens is 2. The van der Waals surface area contributed by atoms with Gasteiger partial charge in [-0.15, -0.1) is 0 Å². The van der Waals surface area contributed by atoms with Crippen LogP contribution < -0.4 is 16.1 Å². The van der Waals surface area contributed by atoms with Crippen LogP contribution in [0.1, 0.15) is 13.3 Å². The molecule has 2 aromatic carbocycles. The van der Waals surface area contributed by atoms with Gasteiger partial charge in [-0.1, -0.05) is 24.5 Å². The van der Waals surface area contributed by atoms with E-state index in [4.69, 9.17) is 7.85 Å². The van der Waals surface area contributed by atoms with Crippen LogP contribution in [0.3, 0.4) is 0 Å². The summed E-state index contributed by atoms with van der Waals surface area (Å²) in [4.78, 5) is 20.1. The summed E-state index contributed by atoms with van der Waals surface area (Å²) in [5.74, 6) is 0.625. The molecule has 3 rings (SSSR count). The minimum absolute atomic E-state index is 0.0356. The number of fused-ring (bicyclic) bond motifs is 1. The lowest BCUT2D eigenvalue weighted by Crippen LogP contribution is -2.09. The van der Waals surface area contributed by atoms with Gasteiger partial charge in [-0.3, -0.25) is 4.79 Å². The van der Waals surface area contributed by atoms with Crippen LogP contribution in [0.5, 0.6) is 0 Å². The number of benzene rings is 2. The van der Waals surface area contributed by atoms with E-state index in [0.717, 1.165) is 22.3 Å². The number of nitrogens with one attached hydrogen (secondary N) is 2. The molecule has 1 amide bonds. The number of rotatable bonds is 4. The molecule has 0 saturated carbocycles. The fourth-order valence-corrected chi connectivity index (χ4v) is 2.24. The van der Waals surface area contributed by atoms with Crippen molar-refractivity contribution >= 4 is 47.3 Å².